The first kappa shape index (κ1) is 10.9. The number of amides is 1. The second-order valence-corrected chi connectivity index (χ2v) is 3.67. The molecule has 5 nitrogen and oxygen atoms in total. The Morgan fingerprint density at radius 3 is 3.25 bits per heavy atom. The van der Waals surface area contributed by atoms with Crippen LogP contribution in [0.2, 0.25) is 0 Å². The minimum atomic E-state index is 0.0501. The van der Waals surface area contributed by atoms with Crippen LogP contribution in [-0.2, 0) is 16.1 Å². The summed E-state index contributed by atoms with van der Waals surface area (Å²) in [6.07, 6.45) is 1.74. The van der Waals surface area contributed by atoms with Crippen molar-refractivity contribution in [3.8, 4) is 0 Å². The van der Waals surface area contributed by atoms with E-state index in [1.807, 2.05) is 19.2 Å². The van der Waals surface area contributed by atoms with Crippen molar-refractivity contribution in [2.24, 2.45) is 0 Å². The van der Waals surface area contributed by atoms with Gasteiger partial charge in [-0.1, -0.05) is 0 Å². The molecule has 1 aliphatic rings. The molecule has 0 saturated carbocycles. The van der Waals surface area contributed by atoms with Gasteiger partial charge in [0, 0.05) is 26.3 Å². The molecule has 1 aromatic heterocycles. The van der Waals surface area contributed by atoms with Crippen molar-refractivity contribution in [3.63, 3.8) is 0 Å². The van der Waals surface area contributed by atoms with Crippen LogP contribution in [-0.4, -0.2) is 42.6 Å². The van der Waals surface area contributed by atoms with Gasteiger partial charge in [-0.15, -0.1) is 0 Å². The van der Waals surface area contributed by atoms with Crippen molar-refractivity contribution >= 4 is 11.7 Å². The fraction of sp³-hybridized carbons (Fsp3) is 0.455. The van der Waals surface area contributed by atoms with Gasteiger partial charge in [-0.2, -0.15) is 0 Å². The number of carbonyl (C=O) groups excluding carboxylic acids is 1. The Morgan fingerprint density at radius 1 is 1.62 bits per heavy atom. The summed E-state index contributed by atoms with van der Waals surface area (Å²) in [7, 11) is 1.83. The second-order valence-electron chi connectivity index (χ2n) is 3.67. The van der Waals surface area contributed by atoms with Gasteiger partial charge in [-0.05, 0) is 17.7 Å². The number of rotatable bonds is 3. The predicted octanol–water partition coefficient (Wildman–Crippen LogP) is 0.482. The van der Waals surface area contributed by atoms with Crippen molar-refractivity contribution in [3.05, 3.63) is 23.9 Å². The fourth-order valence-corrected chi connectivity index (χ4v) is 1.65. The molecule has 0 bridgehead atoms. The highest BCUT2D eigenvalue weighted by molar-refractivity contribution is 5.78. The lowest BCUT2D eigenvalue weighted by Crippen LogP contribution is -2.40. The minimum absolute atomic E-state index is 0.0501. The van der Waals surface area contributed by atoms with E-state index >= 15 is 0 Å². The molecule has 1 aliphatic heterocycles. The molecule has 0 aromatic carbocycles. The standard InChI is InChI=1S/C11H15N3O2/c1-12-10-6-9(2-3-13-10)7-14-4-5-16-8-11(14)15/h2-3,6H,4-5,7-8H2,1H3,(H,12,13). The molecular weight excluding hydrogens is 206 g/mol. The van der Waals surface area contributed by atoms with Gasteiger partial charge in [0.05, 0.1) is 6.61 Å². The van der Waals surface area contributed by atoms with Crippen LogP contribution >= 0.6 is 0 Å². The van der Waals surface area contributed by atoms with Crippen LogP contribution in [0.1, 0.15) is 5.56 Å². The molecule has 1 aromatic rings. The van der Waals surface area contributed by atoms with E-state index in [1.165, 1.54) is 0 Å². The molecule has 1 fully saturated rings. The normalized spacial score (nSPS) is 16.3. The topological polar surface area (TPSA) is 54.5 Å². The molecule has 1 N–H and O–H groups in total. The Labute approximate surface area is 94.4 Å². The van der Waals surface area contributed by atoms with Gasteiger partial charge in [-0.25, -0.2) is 4.98 Å². The highest BCUT2D eigenvalue weighted by Gasteiger charge is 2.18. The number of morpholine rings is 1. The summed E-state index contributed by atoms with van der Waals surface area (Å²) in [5, 5.41) is 2.98. The number of nitrogens with zero attached hydrogens (tertiary/aromatic N) is 2. The Balaban J connectivity index is 2.04. The lowest BCUT2D eigenvalue weighted by molar-refractivity contribution is -0.143. The number of ether oxygens (including phenoxy) is 1. The van der Waals surface area contributed by atoms with Gasteiger partial charge in [0.25, 0.3) is 0 Å². The summed E-state index contributed by atoms with van der Waals surface area (Å²) in [4.78, 5) is 17.5. The third-order valence-electron chi connectivity index (χ3n) is 2.54. The van der Waals surface area contributed by atoms with Gasteiger partial charge < -0.3 is 15.0 Å². The summed E-state index contributed by atoms with van der Waals surface area (Å²) >= 11 is 0. The maximum Gasteiger partial charge on any atom is 0.248 e. The number of carbonyl (C=O) groups is 1. The molecule has 2 heterocycles. The van der Waals surface area contributed by atoms with Crippen LogP contribution in [0.25, 0.3) is 0 Å². The van der Waals surface area contributed by atoms with Crippen LogP contribution in [0.4, 0.5) is 5.82 Å². The van der Waals surface area contributed by atoms with Crippen molar-refractivity contribution in [2.45, 2.75) is 6.54 Å². The SMILES string of the molecule is CNc1cc(CN2CCOCC2=O)ccn1. The van der Waals surface area contributed by atoms with Gasteiger partial charge in [-0.3, -0.25) is 4.79 Å². The molecule has 1 saturated heterocycles. The van der Waals surface area contributed by atoms with Gasteiger partial charge in [0.15, 0.2) is 0 Å². The predicted molar refractivity (Wildman–Crippen MR) is 60.0 cm³/mol. The third-order valence-corrected chi connectivity index (χ3v) is 2.54. The summed E-state index contributed by atoms with van der Waals surface area (Å²) in [6.45, 7) is 2.11. The molecule has 1 amide bonds. The smallest absolute Gasteiger partial charge is 0.248 e. The first-order chi connectivity index (χ1) is 7.79. The van der Waals surface area contributed by atoms with Crippen molar-refractivity contribution in [2.75, 3.05) is 32.1 Å². The Bertz CT molecular complexity index is 381. The van der Waals surface area contributed by atoms with Crippen LogP contribution in [0.5, 0.6) is 0 Å². The van der Waals surface area contributed by atoms with Crippen LogP contribution in [0, 0.1) is 0 Å². The molecule has 0 unspecified atom stereocenters. The molecule has 0 radical (unpaired) electrons. The largest absolute Gasteiger partial charge is 0.373 e. The third kappa shape index (κ3) is 2.49. The number of hydrogen-bond donors (Lipinski definition) is 1. The summed E-state index contributed by atoms with van der Waals surface area (Å²) in [5.41, 5.74) is 1.08. The molecule has 16 heavy (non-hydrogen) atoms. The van der Waals surface area contributed by atoms with E-state index in [9.17, 15) is 4.79 Å². The average Bonchev–Trinajstić information content (AvgIpc) is 2.32. The van der Waals surface area contributed by atoms with Crippen molar-refractivity contribution < 1.29 is 9.53 Å². The lowest BCUT2D eigenvalue weighted by Gasteiger charge is -2.26. The van der Waals surface area contributed by atoms with Gasteiger partial charge in [0.2, 0.25) is 5.91 Å². The van der Waals surface area contributed by atoms with Crippen molar-refractivity contribution in [1.29, 1.82) is 0 Å². The summed E-state index contributed by atoms with van der Waals surface area (Å²) < 4.78 is 5.08. The first-order valence-corrected chi connectivity index (χ1v) is 5.28. The summed E-state index contributed by atoms with van der Waals surface area (Å²) in [5.74, 6) is 0.868. The van der Waals surface area contributed by atoms with Gasteiger partial charge in [0.1, 0.15) is 12.4 Å². The number of nitrogens with one attached hydrogen (secondary N) is 1. The molecule has 86 valence electrons. The minimum Gasteiger partial charge on any atom is -0.373 e. The van der Waals surface area contributed by atoms with E-state index in [1.54, 1.807) is 11.1 Å². The van der Waals surface area contributed by atoms with E-state index in [0.29, 0.717) is 19.7 Å². The molecular formula is C11H15N3O2. The second kappa shape index (κ2) is 4.94. The number of hydrogen-bond acceptors (Lipinski definition) is 4. The van der Waals surface area contributed by atoms with E-state index in [2.05, 4.69) is 10.3 Å². The lowest BCUT2D eigenvalue weighted by atomic mass is 10.2. The molecule has 2 rings (SSSR count). The highest BCUT2D eigenvalue weighted by atomic mass is 16.5. The molecule has 0 spiro atoms. The van der Waals surface area contributed by atoms with Crippen molar-refractivity contribution in [1.82, 2.24) is 9.88 Å². The van der Waals surface area contributed by atoms with E-state index in [4.69, 9.17) is 4.74 Å². The summed E-state index contributed by atoms with van der Waals surface area (Å²) in [6, 6.07) is 3.87. The van der Waals surface area contributed by atoms with E-state index in [-0.39, 0.29) is 12.5 Å². The quantitative estimate of drug-likeness (QED) is 0.806. The Kier molecular flexibility index (Phi) is 3.36. The van der Waals surface area contributed by atoms with Gasteiger partial charge >= 0.3 is 0 Å². The zero-order valence-electron chi connectivity index (χ0n) is 9.27. The first-order valence-electron chi connectivity index (χ1n) is 5.28. The van der Waals surface area contributed by atoms with Crippen LogP contribution < -0.4 is 5.32 Å². The molecule has 0 atom stereocenters. The number of pyridine rings is 1. The molecule has 0 aliphatic carbocycles. The van der Waals surface area contributed by atoms with E-state index in [0.717, 1.165) is 11.4 Å². The average molecular weight is 221 g/mol. The number of aromatic nitrogens is 1. The van der Waals surface area contributed by atoms with E-state index < -0.39 is 0 Å². The Hall–Kier alpha value is -1.62. The Morgan fingerprint density at radius 2 is 2.50 bits per heavy atom. The fourth-order valence-electron chi connectivity index (χ4n) is 1.65. The zero-order chi connectivity index (χ0) is 11.4. The maximum absolute atomic E-state index is 11.5. The zero-order valence-corrected chi connectivity index (χ0v) is 9.27. The van der Waals surface area contributed by atoms with Crippen LogP contribution in [0.3, 0.4) is 0 Å². The number of anilines is 1. The van der Waals surface area contributed by atoms with Crippen LogP contribution in [0.15, 0.2) is 18.3 Å². The highest BCUT2D eigenvalue weighted by Crippen LogP contribution is 2.10. The monoisotopic (exact) mass is 221 g/mol. The maximum atomic E-state index is 11.5. The molecule has 5 heteroatoms.